The maximum Gasteiger partial charge on any atom is 0.341 e. The number of esters is 2. The minimum Gasteiger partial charge on any atom is -0.462 e. The van der Waals surface area contributed by atoms with Crippen LogP contribution >= 0.6 is 0 Å². The van der Waals surface area contributed by atoms with Gasteiger partial charge < -0.3 is 14.8 Å². The number of hydrogen-bond acceptors (Lipinski definition) is 6. The van der Waals surface area contributed by atoms with Crippen LogP contribution in [-0.4, -0.2) is 36.7 Å². The Bertz CT molecular complexity index is 1280. The van der Waals surface area contributed by atoms with E-state index in [2.05, 4.69) is 10.3 Å². The normalized spacial score (nSPS) is 10.8. The van der Waals surface area contributed by atoms with Crippen molar-refractivity contribution < 1.29 is 19.1 Å². The second kappa shape index (κ2) is 9.47. The van der Waals surface area contributed by atoms with Crippen LogP contribution in [0.15, 0.2) is 66.9 Å². The summed E-state index contributed by atoms with van der Waals surface area (Å²) in [5, 5.41) is 6.12. The third-order valence-electron chi connectivity index (χ3n) is 5.18. The van der Waals surface area contributed by atoms with E-state index >= 15 is 0 Å². The number of hydrogen-bond donors (Lipinski definition) is 1. The van der Waals surface area contributed by atoms with Crippen LogP contribution in [0.1, 0.15) is 33.2 Å². The molecule has 32 heavy (non-hydrogen) atoms. The predicted molar refractivity (Wildman–Crippen MR) is 125 cm³/mol. The molecule has 0 aliphatic carbocycles. The number of benzene rings is 3. The number of pyridine rings is 1. The molecule has 0 bridgehead atoms. The van der Waals surface area contributed by atoms with Gasteiger partial charge in [-0.2, -0.15) is 0 Å². The lowest BCUT2D eigenvalue weighted by atomic mass is 10.0. The summed E-state index contributed by atoms with van der Waals surface area (Å²) in [6, 6.07) is 19.1. The summed E-state index contributed by atoms with van der Waals surface area (Å²) in [5.41, 5.74) is 3.33. The maximum absolute atomic E-state index is 12.5. The molecule has 0 spiro atoms. The van der Waals surface area contributed by atoms with E-state index in [1.165, 1.54) is 6.20 Å². The Hall–Kier alpha value is -3.93. The summed E-state index contributed by atoms with van der Waals surface area (Å²) in [7, 11) is 0. The Balaban J connectivity index is 1.58. The van der Waals surface area contributed by atoms with E-state index in [0.717, 1.165) is 27.2 Å². The van der Waals surface area contributed by atoms with Gasteiger partial charge >= 0.3 is 11.9 Å². The first-order valence-electron chi connectivity index (χ1n) is 10.5. The van der Waals surface area contributed by atoms with Gasteiger partial charge in [0.15, 0.2) is 0 Å². The molecule has 0 aliphatic heterocycles. The Kier molecular flexibility index (Phi) is 6.31. The summed E-state index contributed by atoms with van der Waals surface area (Å²) in [4.78, 5) is 29.3. The fourth-order valence-electron chi connectivity index (χ4n) is 3.58. The molecule has 3 aromatic carbocycles. The molecule has 6 heteroatoms. The minimum absolute atomic E-state index is 0.145. The summed E-state index contributed by atoms with van der Waals surface area (Å²) in [5.74, 6) is -0.836. The van der Waals surface area contributed by atoms with Gasteiger partial charge in [0.2, 0.25) is 0 Å². The Morgan fingerprint density at radius 1 is 0.906 bits per heavy atom. The minimum atomic E-state index is -0.450. The van der Waals surface area contributed by atoms with Crippen molar-refractivity contribution in [1.82, 2.24) is 4.98 Å². The van der Waals surface area contributed by atoms with Crippen LogP contribution in [0, 0.1) is 6.92 Å². The molecule has 0 amide bonds. The van der Waals surface area contributed by atoms with Crippen molar-refractivity contribution in [2.24, 2.45) is 0 Å². The third-order valence-corrected chi connectivity index (χ3v) is 5.18. The smallest absolute Gasteiger partial charge is 0.341 e. The lowest BCUT2D eigenvalue weighted by Crippen LogP contribution is -2.17. The van der Waals surface area contributed by atoms with Gasteiger partial charge in [-0.3, -0.25) is 4.98 Å². The topological polar surface area (TPSA) is 77.5 Å². The molecule has 0 radical (unpaired) electrons. The summed E-state index contributed by atoms with van der Waals surface area (Å²) < 4.78 is 10.6. The zero-order chi connectivity index (χ0) is 22.5. The van der Waals surface area contributed by atoms with Crippen LogP contribution in [-0.2, 0) is 9.47 Å². The second-order valence-electron chi connectivity index (χ2n) is 7.38. The number of fused-ring (bicyclic) bond motifs is 3. The number of rotatable bonds is 7. The van der Waals surface area contributed by atoms with Crippen molar-refractivity contribution in [2.45, 2.75) is 13.8 Å². The van der Waals surface area contributed by atoms with Crippen LogP contribution in [0.25, 0.3) is 21.7 Å². The molecular formula is C26H24N2O4. The van der Waals surface area contributed by atoms with Gasteiger partial charge in [-0.15, -0.1) is 0 Å². The first-order valence-corrected chi connectivity index (χ1v) is 10.5. The lowest BCUT2D eigenvalue weighted by molar-refractivity contribution is 0.0510. The maximum atomic E-state index is 12.5. The van der Waals surface area contributed by atoms with Gasteiger partial charge in [0.25, 0.3) is 0 Å². The number of aryl methyl sites for hydroxylation is 1. The van der Waals surface area contributed by atoms with Crippen LogP contribution < -0.4 is 5.32 Å². The number of nitrogens with one attached hydrogen (secondary N) is 1. The van der Waals surface area contributed by atoms with E-state index in [-0.39, 0.29) is 19.2 Å². The zero-order valence-electron chi connectivity index (χ0n) is 18.1. The molecule has 0 saturated heterocycles. The van der Waals surface area contributed by atoms with E-state index in [0.29, 0.717) is 23.4 Å². The van der Waals surface area contributed by atoms with Crippen molar-refractivity contribution in [2.75, 3.05) is 25.1 Å². The van der Waals surface area contributed by atoms with Crippen molar-refractivity contribution in [3.8, 4) is 0 Å². The SMILES string of the molecule is CCOC(=O)c1cnc2c(ccc3ccccc32)c1NCCOC(=O)c1ccc(C)cc1. The van der Waals surface area contributed by atoms with Crippen LogP contribution in [0.3, 0.4) is 0 Å². The van der Waals surface area contributed by atoms with Gasteiger partial charge in [0, 0.05) is 23.5 Å². The number of carbonyl (C=O) groups is 2. The number of nitrogens with zero attached hydrogens (tertiary/aromatic N) is 1. The molecule has 1 N–H and O–H groups in total. The van der Waals surface area contributed by atoms with Crippen LogP contribution in [0.4, 0.5) is 5.69 Å². The summed E-state index contributed by atoms with van der Waals surface area (Å²) in [6.07, 6.45) is 1.54. The molecule has 0 saturated carbocycles. The monoisotopic (exact) mass is 428 g/mol. The molecule has 0 aliphatic rings. The molecule has 4 rings (SSSR count). The highest BCUT2D eigenvalue weighted by Crippen LogP contribution is 2.31. The van der Waals surface area contributed by atoms with Gasteiger partial charge in [0.05, 0.1) is 23.4 Å². The molecule has 0 atom stereocenters. The molecule has 162 valence electrons. The number of aromatic nitrogens is 1. The van der Waals surface area contributed by atoms with E-state index in [9.17, 15) is 9.59 Å². The van der Waals surface area contributed by atoms with E-state index in [1.807, 2.05) is 55.5 Å². The van der Waals surface area contributed by atoms with Gasteiger partial charge in [-0.1, -0.05) is 54.1 Å². The summed E-state index contributed by atoms with van der Waals surface area (Å²) >= 11 is 0. The molecule has 0 fully saturated rings. The standard InChI is InChI=1S/C26H24N2O4/c1-3-31-26(30)22-16-28-23-20-7-5-4-6-18(20)12-13-21(23)24(22)27-14-15-32-25(29)19-10-8-17(2)9-11-19/h4-13,16H,3,14-15H2,1-2H3,(H,27,28). The van der Waals surface area contributed by atoms with Crippen LogP contribution in [0.5, 0.6) is 0 Å². The molecule has 1 aromatic heterocycles. The van der Waals surface area contributed by atoms with Crippen molar-refractivity contribution >= 4 is 39.3 Å². The zero-order valence-corrected chi connectivity index (χ0v) is 18.1. The second-order valence-corrected chi connectivity index (χ2v) is 7.38. The highest BCUT2D eigenvalue weighted by atomic mass is 16.5. The number of anilines is 1. The van der Waals surface area contributed by atoms with E-state index in [1.54, 1.807) is 19.1 Å². The fraction of sp³-hybridized carbons (Fsp3) is 0.192. The van der Waals surface area contributed by atoms with Gasteiger partial charge in [-0.05, 0) is 31.4 Å². The third kappa shape index (κ3) is 4.39. The quantitative estimate of drug-likeness (QED) is 0.249. The van der Waals surface area contributed by atoms with Crippen molar-refractivity contribution in [1.29, 1.82) is 0 Å². The Labute approximate surface area is 186 Å². The molecule has 4 aromatic rings. The Morgan fingerprint density at radius 3 is 2.47 bits per heavy atom. The molecule has 6 nitrogen and oxygen atoms in total. The number of ether oxygens (including phenoxy) is 2. The first kappa shape index (κ1) is 21.3. The largest absolute Gasteiger partial charge is 0.462 e. The molecule has 0 unspecified atom stereocenters. The van der Waals surface area contributed by atoms with E-state index in [4.69, 9.17) is 9.47 Å². The average molecular weight is 428 g/mol. The van der Waals surface area contributed by atoms with E-state index < -0.39 is 5.97 Å². The average Bonchev–Trinajstić information content (AvgIpc) is 2.81. The van der Waals surface area contributed by atoms with Crippen molar-refractivity contribution in [3.05, 3.63) is 83.6 Å². The summed E-state index contributed by atoms with van der Waals surface area (Å²) in [6.45, 7) is 4.46. The highest BCUT2D eigenvalue weighted by molar-refractivity contribution is 6.13. The first-order chi connectivity index (χ1) is 15.6. The number of carbonyl (C=O) groups excluding carboxylic acids is 2. The van der Waals surface area contributed by atoms with Gasteiger partial charge in [-0.25, -0.2) is 9.59 Å². The highest BCUT2D eigenvalue weighted by Gasteiger charge is 2.18. The fourth-order valence-corrected chi connectivity index (χ4v) is 3.58. The Morgan fingerprint density at radius 2 is 1.69 bits per heavy atom. The molecule has 1 heterocycles. The molecular weight excluding hydrogens is 404 g/mol. The van der Waals surface area contributed by atoms with Crippen molar-refractivity contribution in [3.63, 3.8) is 0 Å². The lowest BCUT2D eigenvalue weighted by Gasteiger charge is -2.15. The van der Waals surface area contributed by atoms with Crippen LogP contribution in [0.2, 0.25) is 0 Å². The van der Waals surface area contributed by atoms with Gasteiger partial charge in [0.1, 0.15) is 12.2 Å². The predicted octanol–water partition coefficient (Wildman–Crippen LogP) is 5.14.